The summed E-state index contributed by atoms with van der Waals surface area (Å²) < 4.78 is 0. The smallest absolute Gasteiger partial charge is 0.141 e. The van der Waals surface area contributed by atoms with Gasteiger partial charge in [-0.05, 0) is 43.2 Å². The van der Waals surface area contributed by atoms with Crippen molar-refractivity contribution in [1.82, 2.24) is 4.98 Å². The van der Waals surface area contributed by atoms with E-state index in [1.807, 2.05) is 6.20 Å². The Morgan fingerprint density at radius 1 is 1.04 bits per heavy atom. The number of nitrogens with one attached hydrogen (secondary N) is 1. The molecule has 1 N–H and O–H groups in total. The van der Waals surface area contributed by atoms with Crippen LogP contribution in [-0.2, 0) is 6.42 Å². The van der Waals surface area contributed by atoms with Crippen molar-refractivity contribution in [3.63, 3.8) is 0 Å². The predicted molar refractivity (Wildman–Crippen MR) is 106 cm³/mol. The first-order valence-electron chi connectivity index (χ1n) is 9.65. The molecule has 24 heavy (non-hydrogen) atoms. The van der Waals surface area contributed by atoms with Crippen molar-refractivity contribution < 1.29 is 0 Å². The van der Waals surface area contributed by atoms with E-state index in [0.29, 0.717) is 5.41 Å². The van der Waals surface area contributed by atoms with E-state index in [1.54, 1.807) is 0 Å². The van der Waals surface area contributed by atoms with Crippen LogP contribution in [0, 0.1) is 17.8 Å². The minimum Gasteiger partial charge on any atom is -0.369 e. The van der Waals surface area contributed by atoms with E-state index >= 15 is 0 Å². The van der Waals surface area contributed by atoms with Crippen LogP contribution in [0.1, 0.15) is 90.2 Å². The predicted octanol–water partition coefficient (Wildman–Crippen LogP) is 6.20. The Morgan fingerprint density at radius 3 is 2.25 bits per heavy atom. The molecule has 1 rings (SSSR count). The van der Waals surface area contributed by atoms with Crippen LogP contribution in [0.2, 0.25) is 0 Å². The fourth-order valence-electron chi connectivity index (χ4n) is 2.93. The first-order valence-corrected chi connectivity index (χ1v) is 9.65. The van der Waals surface area contributed by atoms with E-state index in [1.165, 1.54) is 56.9 Å². The molecule has 0 fully saturated rings. The third-order valence-electron chi connectivity index (χ3n) is 4.34. The lowest BCUT2D eigenvalue weighted by molar-refractivity contribution is 0.356. The molecule has 0 bridgehead atoms. The van der Waals surface area contributed by atoms with Gasteiger partial charge in [0.05, 0.1) is 5.56 Å². The topological polar surface area (TPSA) is 24.9 Å². The molecule has 1 heterocycles. The van der Waals surface area contributed by atoms with Gasteiger partial charge in [0.15, 0.2) is 0 Å². The molecule has 0 radical (unpaired) electrons. The number of pyridine rings is 1. The van der Waals surface area contributed by atoms with E-state index < -0.39 is 0 Å². The van der Waals surface area contributed by atoms with E-state index in [-0.39, 0.29) is 0 Å². The second-order valence-corrected chi connectivity index (χ2v) is 7.95. The van der Waals surface area contributed by atoms with Crippen molar-refractivity contribution in [2.45, 2.75) is 85.5 Å². The minimum absolute atomic E-state index is 0.494. The zero-order valence-corrected chi connectivity index (χ0v) is 16.3. The largest absolute Gasteiger partial charge is 0.369 e. The summed E-state index contributed by atoms with van der Waals surface area (Å²) in [5, 5.41) is 3.21. The SMILES string of the molecule is C#Cc1cc(CCCCCCCCCC(C)(C)C)cnc1NCC. The van der Waals surface area contributed by atoms with Gasteiger partial charge in [-0.15, -0.1) is 6.42 Å². The summed E-state index contributed by atoms with van der Waals surface area (Å²) in [7, 11) is 0. The van der Waals surface area contributed by atoms with Gasteiger partial charge in [0, 0.05) is 12.7 Å². The molecule has 0 saturated carbocycles. The Hall–Kier alpha value is -1.49. The summed E-state index contributed by atoms with van der Waals surface area (Å²) in [4.78, 5) is 4.45. The summed E-state index contributed by atoms with van der Waals surface area (Å²) in [6.45, 7) is 9.89. The summed E-state index contributed by atoms with van der Waals surface area (Å²) >= 11 is 0. The Balaban J connectivity index is 2.14. The van der Waals surface area contributed by atoms with Gasteiger partial charge in [-0.2, -0.15) is 0 Å². The maximum Gasteiger partial charge on any atom is 0.141 e. The second-order valence-electron chi connectivity index (χ2n) is 7.95. The molecule has 0 aromatic carbocycles. The van der Waals surface area contributed by atoms with Crippen molar-refractivity contribution in [1.29, 1.82) is 0 Å². The van der Waals surface area contributed by atoms with E-state index in [0.717, 1.165) is 24.3 Å². The Labute approximate surface area is 149 Å². The van der Waals surface area contributed by atoms with Gasteiger partial charge in [0.2, 0.25) is 0 Å². The van der Waals surface area contributed by atoms with Crippen LogP contribution in [0.4, 0.5) is 5.82 Å². The van der Waals surface area contributed by atoms with Gasteiger partial charge in [-0.3, -0.25) is 0 Å². The molecule has 0 aliphatic heterocycles. The van der Waals surface area contributed by atoms with Crippen molar-refractivity contribution in [2.75, 3.05) is 11.9 Å². The van der Waals surface area contributed by atoms with Gasteiger partial charge in [-0.25, -0.2) is 4.98 Å². The Bertz CT molecular complexity index is 506. The molecule has 0 saturated heterocycles. The molecule has 0 aliphatic carbocycles. The monoisotopic (exact) mass is 328 g/mol. The van der Waals surface area contributed by atoms with Gasteiger partial charge in [0.1, 0.15) is 5.82 Å². The summed E-state index contributed by atoms with van der Waals surface area (Å²) in [5.41, 5.74) is 2.64. The molecule has 0 amide bonds. The molecule has 1 aromatic heterocycles. The maximum absolute atomic E-state index is 5.58. The zero-order chi connectivity index (χ0) is 17.8. The fraction of sp³-hybridized carbons (Fsp3) is 0.682. The average molecular weight is 329 g/mol. The van der Waals surface area contributed by atoms with Crippen LogP contribution in [-0.4, -0.2) is 11.5 Å². The number of aromatic nitrogens is 1. The highest BCUT2D eigenvalue weighted by Crippen LogP contribution is 2.22. The van der Waals surface area contributed by atoms with Crippen LogP contribution in [0.3, 0.4) is 0 Å². The number of unbranched alkanes of at least 4 members (excludes halogenated alkanes) is 6. The number of aryl methyl sites for hydroxylation is 1. The molecule has 0 spiro atoms. The standard InChI is InChI=1S/C22H36N2/c1-6-20-17-19(18-24-21(20)23-7-2)15-13-11-9-8-10-12-14-16-22(3,4)5/h1,17-18H,7-16H2,2-5H3,(H,23,24). The molecule has 0 atom stereocenters. The fourth-order valence-corrected chi connectivity index (χ4v) is 2.93. The van der Waals surface area contributed by atoms with Crippen molar-refractivity contribution >= 4 is 5.82 Å². The van der Waals surface area contributed by atoms with Crippen molar-refractivity contribution in [3.8, 4) is 12.3 Å². The van der Waals surface area contributed by atoms with Crippen LogP contribution in [0.15, 0.2) is 12.3 Å². The molecular formula is C22H36N2. The highest BCUT2D eigenvalue weighted by Gasteiger charge is 2.08. The molecule has 2 nitrogen and oxygen atoms in total. The van der Waals surface area contributed by atoms with Gasteiger partial charge in [0.25, 0.3) is 0 Å². The minimum atomic E-state index is 0.494. The van der Waals surface area contributed by atoms with Gasteiger partial charge in [-0.1, -0.05) is 65.2 Å². The third kappa shape index (κ3) is 8.96. The molecule has 134 valence electrons. The zero-order valence-electron chi connectivity index (χ0n) is 16.3. The number of terminal acetylenes is 1. The molecule has 2 heteroatoms. The van der Waals surface area contributed by atoms with Gasteiger partial charge < -0.3 is 5.32 Å². The van der Waals surface area contributed by atoms with Crippen LogP contribution in [0.5, 0.6) is 0 Å². The lowest BCUT2D eigenvalue weighted by atomic mass is 9.89. The first-order chi connectivity index (χ1) is 11.5. The number of hydrogen-bond donors (Lipinski definition) is 1. The molecule has 0 aliphatic rings. The van der Waals surface area contributed by atoms with Crippen molar-refractivity contribution in [3.05, 3.63) is 23.4 Å². The third-order valence-corrected chi connectivity index (χ3v) is 4.34. The van der Waals surface area contributed by atoms with E-state index in [9.17, 15) is 0 Å². The molecule has 0 unspecified atom stereocenters. The normalized spacial score (nSPS) is 11.3. The quantitative estimate of drug-likeness (QED) is 0.386. The Kier molecular flexibility index (Phi) is 9.53. The van der Waals surface area contributed by atoms with Crippen molar-refractivity contribution in [2.24, 2.45) is 5.41 Å². The van der Waals surface area contributed by atoms with E-state index in [4.69, 9.17) is 6.42 Å². The average Bonchev–Trinajstić information content (AvgIpc) is 2.53. The summed E-state index contributed by atoms with van der Waals surface area (Å²) in [6.07, 6.45) is 19.4. The first kappa shape index (κ1) is 20.6. The van der Waals surface area contributed by atoms with Gasteiger partial charge >= 0.3 is 0 Å². The van der Waals surface area contributed by atoms with E-state index in [2.05, 4.69) is 50.0 Å². The van der Waals surface area contributed by atoms with Crippen LogP contribution >= 0.6 is 0 Å². The molecular weight excluding hydrogens is 292 g/mol. The maximum atomic E-state index is 5.58. The lowest BCUT2D eigenvalue weighted by Crippen LogP contribution is -2.03. The highest BCUT2D eigenvalue weighted by molar-refractivity contribution is 5.54. The second kappa shape index (κ2) is 11.1. The summed E-state index contributed by atoms with van der Waals surface area (Å²) in [6, 6.07) is 2.11. The Morgan fingerprint density at radius 2 is 1.67 bits per heavy atom. The van der Waals surface area contributed by atoms with Crippen LogP contribution < -0.4 is 5.32 Å². The number of anilines is 1. The molecule has 1 aromatic rings. The lowest BCUT2D eigenvalue weighted by Gasteiger charge is -2.17. The summed E-state index contributed by atoms with van der Waals surface area (Å²) in [5.74, 6) is 3.57. The number of rotatable bonds is 11. The highest BCUT2D eigenvalue weighted by atomic mass is 15.0. The number of hydrogen-bond acceptors (Lipinski definition) is 2. The van der Waals surface area contributed by atoms with Crippen LogP contribution in [0.25, 0.3) is 0 Å². The number of nitrogens with zero attached hydrogens (tertiary/aromatic N) is 1.